The summed E-state index contributed by atoms with van der Waals surface area (Å²) in [6.07, 6.45) is 6.60. The van der Waals surface area contributed by atoms with E-state index in [1.165, 1.54) is 12.8 Å². The predicted molar refractivity (Wildman–Crippen MR) is 101 cm³/mol. The SMILES string of the molecule is O=C(Cc1csc(-c2cccs2)n1)N(Cc1ccco1)C1CCCC1. The molecule has 25 heavy (non-hydrogen) atoms. The van der Waals surface area contributed by atoms with Gasteiger partial charge in [0.2, 0.25) is 5.91 Å². The fourth-order valence-corrected chi connectivity index (χ4v) is 5.00. The van der Waals surface area contributed by atoms with Gasteiger partial charge in [0, 0.05) is 11.4 Å². The quantitative estimate of drug-likeness (QED) is 0.613. The van der Waals surface area contributed by atoms with Gasteiger partial charge in [-0.25, -0.2) is 4.98 Å². The second kappa shape index (κ2) is 7.54. The average molecular weight is 373 g/mol. The third kappa shape index (κ3) is 3.85. The van der Waals surface area contributed by atoms with Crippen molar-refractivity contribution in [3.8, 4) is 9.88 Å². The summed E-state index contributed by atoms with van der Waals surface area (Å²) in [7, 11) is 0. The number of hydrogen-bond donors (Lipinski definition) is 0. The van der Waals surface area contributed by atoms with Crippen LogP contribution in [-0.2, 0) is 17.8 Å². The van der Waals surface area contributed by atoms with Gasteiger partial charge in [0.25, 0.3) is 0 Å². The molecule has 1 saturated carbocycles. The van der Waals surface area contributed by atoms with Gasteiger partial charge in [-0.05, 0) is 36.4 Å². The Hall–Kier alpha value is -1.92. The van der Waals surface area contributed by atoms with E-state index in [0.29, 0.717) is 19.0 Å². The maximum Gasteiger partial charge on any atom is 0.229 e. The van der Waals surface area contributed by atoms with Crippen molar-refractivity contribution < 1.29 is 9.21 Å². The highest BCUT2D eigenvalue weighted by Crippen LogP contribution is 2.29. The standard InChI is InChI=1S/C19H20N2O2S2/c22-18(11-14-13-25-19(20-14)17-8-4-10-24-17)21(15-5-1-2-6-15)12-16-7-3-9-23-16/h3-4,7-10,13,15H,1-2,5-6,11-12H2. The third-order valence-electron chi connectivity index (χ3n) is 4.61. The molecular formula is C19H20N2O2S2. The molecule has 0 radical (unpaired) electrons. The first-order valence-corrected chi connectivity index (χ1v) is 10.4. The summed E-state index contributed by atoms with van der Waals surface area (Å²) in [5.74, 6) is 0.990. The number of hydrogen-bond acceptors (Lipinski definition) is 5. The summed E-state index contributed by atoms with van der Waals surface area (Å²) in [6.45, 7) is 0.554. The molecule has 1 aliphatic carbocycles. The molecule has 4 nitrogen and oxygen atoms in total. The van der Waals surface area contributed by atoms with Crippen LogP contribution in [0, 0.1) is 0 Å². The number of nitrogens with zero attached hydrogens (tertiary/aromatic N) is 2. The molecule has 0 aliphatic heterocycles. The van der Waals surface area contributed by atoms with E-state index >= 15 is 0 Å². The van der Waals surface area contributed by atoms with Crippen molar-refractivity contribution in [1.29, 1.82) is 0 Å². The maximum absolute atomic E-state index is 13.0. The zero-order valence-electron chi connectivity index (χ0n) is 13.9. The maximum atomic E-state index is 13.0. The van der Waals surface area contributed by atoms with Crippen LogP contribution in [0.3, 0.4) is 0 Å². The van der Waals surface area contributed by atoms with E-state index in [1.54, 1.807) is 28.9 Å². The number of aromatic nitrogens is 1. The van der Waals surface area contributed by atoms with Crippen LogP contribution in [0.25, 0.3) is 9.88 Å². The minimum atomic E-state index is 0.145. The lowest BCUT2D eigenvalue weighted by Crippen LogP contribution is -2.39. The van der Waals surface area contributed by atoms with Crippen LogP contribution in [-0.4, -0.2) is 21.8 Å². The minimum absolute atomic E-state index is 0.145. The molecule has 1 amide bonds. The van der Waals surface area contributed by atoms with Crippen molar-refractivity contribution in [3.05, 3.63) is 52.7 Å². The van der Waals surface area contributed by atoms with Gasteiger partial charge in [0.05, 0.1) is 29.8 Å². The summed E-state index contributed by atoms with van der Waals surface area (Å²) in [5, 5.41) is 5.05. The second-order valence-electron chi connectivity index (χ2n) is 6.34. The van der Waals surface area contributed by atoms with Crippen LogP contribution in [0.4, 0.5) is 0 Å². The van der Waals surface area contributed by atoms with Crippen molar-refractivity contribution >= 4 is 28.6 Å². The van der Waals surface area contributed by atoms with Crippen LogP contribution < -0.4 is 0 Å². The predicted octanol–water partition coefficient (Wildman–Crippen LogP) is 4.98. The summed E-state index contributed by atoms with van der Waals surface area (Å²) >= 11 is 3.29. The lowest BCUT2D eigenvalue weighted by molar-refractivity contribution is -0.133. The number of thiophene rings is 1. The molecular weight excluding hydrogens is 352 g/mol. The zero-order chi connectivity index (χ0) is 17.1. The van der Waals surface area contributed by atoms with E-state index in [2.05, 4.69) is 11.1 Å². The summed E-state index contributed by atoms with van der Waals surface area (Å²) in [5.41, 5.74) is 0.862. The van der Waals surface area contributed by atoms with Gasteiger partial charge in [0.1, 0.15) is 10.8 Å². The topological polar surface area (TPSA) is 46.3 Å². The molecule has 1 aliphatic rings. The zero-order valence-corrected chi connectivity index (χ0v) is 15.5. The number of carbonyl (C=O) groups excluding carboxylic acids is 1. The fraction of sp³-hybridized carbons (Fsp3) is 0.368. The van der Waals surface area contributed by atoms with E-state index in [4.69, 9.17) is 4.42 Å². The molecule has 0 aromatic carbocycles. The van der Waals surface area contributed by atoms with Gasteiger partial charge in [-0.3, -0.25) is 4.79 Å². The largest absolute Gasteiger partial charge is 0.467 e. The number of carbonyl (C=O) groups is 1. The lowest BCUT2D eigenvalue weighted by Gasteiger charge is -2.28. The highest BCUT2D eigenvalue weighted by Gasteiger charge is 2.28. The van der Waals surface area contributed by atoms with E-state index < -0.39 is 0 Å². The van der Waals surface area contributed by atoms with Crippen LogP contribution >= 0.6 is 22.7 Å². The van der Waals surface area contributed by atoms with Crippen molar-refractivity contribution in [2.24, 2.45) is 0 Å². The van der Waals surface area contributed by atoms with Crippen molar-refractivity contribution in [2.45, 2.75) is 44.7 Å². The Kier molecular flexibility index (Phi) is 4.99. The second-order valence-corrected chi connectivity index (χ2v) is 8.14. The molecule has 6 heteroatoms. The van der Waals surface area contributed by atoms with Gasteiger partial charge < -0.3 is 9.32 Å². The Balaban J connectivity index is 1.48. The first kappa shape index (κ1) is 16.5. The van der Waals surface area contributed by atoms with Crippen molar-refractivity contribution in [1.82, 2.24) is 9.88 Å². The minimum Gasteiger partial charge on any atom is -0.467 e. The Labute approximate surface area is 155 Å². The number of amides is 1. The number of furan rings is 1. The van der Waals surface area contributed by atoms with Crippen LogP contribution in [0.15, 0.2) is 45.7 Å². The van der Waals surface area contributed by atoms with Gasteiger partial charge >= 0.3 is 0 Å². The summed E-state index contributed by atoms with van der Waals surface area (Å²) in [6, 6.07) is 8.23. The molecule has 4 rings (SSSR count). The van der Waals surface area contributed by atoms with E-state index in [1.807, 2.05) is 33.9 Å². The molecule has 1 fully saturated rings. The molecule has 0 bridgehead atoms. The Morgan fingerprint density at radius 3 is 2.84 bits per heavy atom. The fourth-order valence-electron chi connectivity index (χ4n) is 3.37. The third-order valence-corrected chi connectivity index (χ3v) is 6.54. The Bertz CT molecular complexity index is 802. The van der Waals surface area contributed by atoms with Gasteiger partial charge in [-0.15, -0.1) is 22.7 Å². The average Bonchev–Trinajstić information content (AvgIpc) is 3.41. The molecule has 130 valence electrons. The van der Waals surface area contributed by atoms with Gasteiger partial charge in [-0.1, -0.05) is 18.9 Å². The highest BCUT2D eigenvalue weighted by atomic mass is 32.1. The van der Waals surface area contributed by atoms with E-state index in [9.17, 15) is 4.79 Å². The van der Waals surface area contributed by atoms with E-state index in [0.717, 1.165) is 34.2 Å². The van der Waals surface area contributed by atoms with Crippen LogP contribution in [0.1, 0.15) is 37.1 Å². The number of rotatable bonds is 6. The molecule has 0 unspecified atom stereocenters. The summed E-state index contributed by atoms with van der Waals surface area (Å²) < 4.78 is 5.47. The molecule has 0 atom stereocenters. The highest BCUT2D eigenvalue weighted by molar-refractivity contribution is 7.20. The van der Waals surface area contributed by atoms with E-state index in [-0.39, 0.29) is 5.91 Å². The molecule has 0 spiro atoms. The van der Waals surface area contributed by atoms with Crippen LogP contribution in [0.2, 0.25) is 0 Å². The smallest absolute Gasteiger partial charge is 0.229 e. The van der Waals surface area contributed by atoms with Crippen LogP contribution in [0.5, 0.6) is 0 Å². The summed E-state index contributed by atoms with van der Waals surface area (Å²) in [4.78, 5) is 20.8. The molecule has 0 N–H and O–H groups in total. The monoisotopic (exact) mass is 372 g/mol. The Morgan fingerprint density at radius 1 is 1.24 bits per heavy atom. The lowest BCUT2D eigenvalue weighted by atomic mass is 10.1. The van der Waals surface area contributed by atoms with Gasteiger partial charge in [0.15, 0.2) is 0 Å². The molecule has 3 aromatic rings. The number of thiazole rings is 1. The Morgan fingerprint density at radius 2 is 2.12 bits per heavy atom. The molecule has 0 saturated heterocycles. The van der Waals surface area contributed by atoms with Gasteiger partial charge in [-0.2, -0.15) is 0 Å². The molecule has 3 aromatic heterocycles. The van der Waals surface area contributed by atoms with Crippen molar-refractivity contribution in [3.63, 3.8) is 0 Å². The molecule has 3 heterocycles. The first-order chi connectivity index (χ1) is 12.3. The normalized spacial score (nSPS) is 14.9. The van der Waals surface area contributed by atoms with Crippen molar-refractivity contribution in [2.75, 3.05) is 0 Å². The first-order valence-electron chi connectivity index (χ1n) is 8.60.